The van der Waals surface area contributed by atoms with Gasteiger partial charge in [-0.15, -0.1) is 0 Å². The van der Waals surface area contributed by atoms with Gasteiger partial charge >= 0.3 is 5.97 Å². The molecule has 3 rings (SSSR count). The van der Waals surface area contributed by atoms with Crippen LogP contribution in [-0.4, -0.2) is 16.7 Å². The van der Waals surface area contributed by atoms with Crippen LogP contribution >= 0.6 is 23.2 Å². The van der Waals surface area contributed by atoms with Crippen molar-refractivity contribution < 1.29 is 14.6 Å². The van der Waals surface area contributed by atoms with Crippen molar-refractivity contribution in [3.63, 3.8) is 0 Å². The highest BCUT2D eigenvalue weighted by Gasteiger charge is 2.31. The summed E-state index contributed by atoms with van der Waals surface area (Å²) in [4.78, 5) is 12.2. The zero-order valence-electron chi connectivity index (χ0n) is 16.2. The van der Waals surface area contributed by atoms with Crippen molar-refractivity contribution in [3.8, 4) is 11.1 Å². The van der Waals surface area contributed by atoms with Gasteiger partial charge in [0.05, 0.1) is 5.60 Å². The summed E-state index contributed by atoms with van der Waals surface area (Å²) >= 11 is 12.5. The molecule has 0 heterocycles. The van der Waals surface area contributed by atoms with Gasteiger partial charge in [0.2, 0.25) is 0 Å². The van der Waals surface area contributed by atoms with Gasteiger partial charge in [0.15, 0.2) is 6.10 Å². The van der Waals surface area contributed by atoms with Gasteiger partial charge in [0.1, 0.15) is 0 Å². The Bertz CT molecular complexity index is 1030. The molecule has 3 aromatic rings. The van der Waals surface area contributed by atoms with E-state index >= 15 is 0 Å². The Kier molecular flexibility index (Phi) is 5.72. The number of rotatable bonds is 4. The molecule has 0 saturated carbocycles. The van der Waals surface area contributed by atoms with E-state index in [1.165, 1.54) is 0 Å². The van der Waals surface area contributed by atoms with Gasteiger partial charge in [-0.05, 0) is 74.0 Å². The van der Waals surface area contributed by atoms with Crippen LogP contribution in [0.2, 0.25) is 10.0 Å². The second kappa shape index (κ2) is 7.75. The summed E-state index contributed by atoms with van der Waals surface area (Å²) in [6.07, 6.45) is -1.12. The van der Waals surface area contributed by atoms with E-state index in [1.54, 1.807) is 12.1 Å². The molecule has 1 atom stereocenters. The van der Waals surface area contributed by atoms with Crippen molar-refractivity contribution in [1.29, 1.82) is 0 Å². The fourth-order valence-electron chi connectivity index (χ4n) is 3.39. The average Bonchev–Trinajstić information content (AvgIpc) is 2.60. The van der Waals surface area contributed by atoms with E-state index in [0.29, 0.717) is 15.6 Å². The summed E-state index contributed by atoms with van der Waals surface area (Å²) in [6, 6.07) is 14.9. The van der Waals surface area contributed by atoms with Crippen LogP contribution in [0.3, 0.4) is 0 Å². The molecule has 1 N–H and O–H groups in total. The number of fused-ring (bicyclic) bond motifs is 1. The molecule has 0 bridgehead atoms. The summed E-state index contributed by atoms with van der Waals surface area (Å²) < 4.78 is 5.97. The van der Waals surface area contributed by atoms with Crippen molar-refractivity contribution in [2.75, 3.05) is 0 Å². The number of hydrogen-bond acceptors (Lipinski definition) is 2. The molecule has 0 aliphatic heterocycles. The van der Waals surface area contributed by atoms with E-state index in [2.05, 4.69) is 0 Å². The Hall–Kier alpha value is -2.07. The first kappa shape index (κ1) is 20.7. The molecule has 3 aromatic carbocycles. The van der Waals surface area contributed by atoms with Crippen LogP contribution in [-0.2, 0) is 9.53 Å². The number of aryl methyl sites for hydroxylation is 1. The maximum Gasteiger partial charge on any atom is 0.337 e. The standard InChI is InChI=1S/C23H22Cl2O3/c1-13-12-17-16(6-5-7-18(17)25)20(14-8-10-15(24)11-9-14)19(13)21(22(26)27)28-23(2,3)4/h5-12,21H,1-4H3,(H,26,27). The van der Waals surface area contributed by atoms with Gasteiger partial charge in [-0.1, -0.05) is 47.5 Å². The normalized spacial score (nSPS) is 12.9. The van der Waals surface area contributed by atoms with Crippen LogP contribution in [0.15, 0.2) is 48.5 Å². The van der Waals surface area contributed by atoms with Gasteiger partial charge in [-0.25, -0.2) is 4.79 Å². The lowest BCUT2D eigenvalue weighted by molar-refractivity contribution is -0.160. The Balaban J connectivity index is 2.41. The fourth-order valence-corrected chi connectivity index (χ4v) is 3.75. The molecule has 0 aromatic heterocycles. The van der Waals surface area contributed by atoms with Gasteiger partial charge in [0, 0.05) is 21.0 Å². The van der Waals surface area contributed by atoms with Gasteiger partial charge in [-0.3, -0.25) is 0 Å². The van der Waals surface area contributed by atoms with Gasteiger partial charge in [-0.2, -0.15) is 0 Å². The number of carboxylic acid groups (broad SMARTS) is 1. The van der Waals surface area contributed by atoms with Crippen molar-refractivity contribution in [1.82, 2.24) is 0 Å². The number of halogens is 2. The SMILES string of the molecule is Cc1cc2c(Cl)cccc2c(-c2ccc(Cl)cc2)c1C(OC(C)(C)C)C(=O)O. The maximum atomic E-state index is 12.2. The average molecular weight is 417 g/mol. The zero-order chi connectivity index (χ0) is 20.6. The Labute approximate surface area is 174 Å². The zero-order valence-corrected chi connectivity index (χ0v) is 17.7. The first-order chi connectivity index (χ1) is 13.1. The van der Waals surface area contributed by atoms with Crippen molar-refractivity contribution in [2.24, 2.45) is 0 Å². The van der Waals surface area contributed by atoms with E-state index in [0.717, 1.165) is 27.5 Å². The van der Waals surface area contributed by atoms with Crippen LogP contribution in [0.25, 0.3) is 21.9 Å². The molecule has 0 spiro atoms. The smallest absolute Gasteiger partial charge is 0.337 e. The number of ether oxygens (including phenoxy) is 1. The van der Waals surface area contributed by atoms with E-state index in [1.807, 2.05) is 64.1 Å². The number of carboxylic acids is 1. The molecule has 5 heteroatoms. The van der Waals surface area contributed by atoms with Crippen molar-refractivity contribution >= 4 is 39.9 Å². The summed E-state index contributed by atoms with van der Waals surface area (Å²) in [5.41, 5.74) is 2.46. The van der Waals surface area contributed by atoms with E-state index in [-0.39, 0.29) is 0 Å². The fraction of sp³-hybridized carbons (Fsp3) is 0.261. The molecule has 1 unspecified atom stereocenters. The lowest BCUT2D eigenvalue weighted by Gasteiger charge is -2.28. The van der Waals surface area contributed by atoms with Crippen LogP contribution in [0, 0.1) is 6.92 Å². The first-order valence-corrected chi connectivity index (χ1v) is 9.72. The molecule has 0 radical (unpaired) electrons. The second-order valence-corrected chi connectivity index (χ2v) is 8.62. The predicted molar refractivity (Wildman–Crippen MR) is 115 cm³/mol. The third-order valence-corrected chi connectivity index (χ3v) is 5.05. The Morgan fingerprint density at radius 3 is 2.25 bits per heavy atom. The largest absolute Gasteiger partial charge is 0.479 e. The molecule has 0 aliphatic rings. The molecule has 0 saturated heterocycles. The van der Waals surface area contributed by atoms with Crippen LogP contribution < -0.4 is 0 Å². The minimum Gasteiger partial charge on any atom is -0.479 e. The quantitative estimate of drug-likeness (QED) is 0.494. The first-order valence-electron chi connectivity index (χ1n) is 8.97. The summed E-state index contributed by atoms with van der Waals surface area (Å²) in [5, 5.41) is 13.0. The Morgan fingerprint density at radius 1 is 1.04 bits per heavy atom. The van der Waals surface area contributed by atoms with E-state index in [9.17, 15) is 9.90 Å². The molecule has 3 nitrogen and oxygen atoms in total. The highest BCUT2D eigenvalue weighted by atomic mass is 35.5. The molecule has 0 fully saturated rings. The number of carbonyl (C=O) groups is 1. The molecular formula is C23H22Cl2O3. The van der Waals surface area contributed by atoms with E-state index < -0.39 is 17.7 Å². The van der Waals surface area contributed by atoms with Crippen molar-refractivity contribution in [3.05, 3.63) is 69.7 Å². The van der Waals surface area contributed by atoms with Crippen LogP contribution in [0.5, 0.6) is 0 Å². The number of aliphatic carboxylic acids is 1. The topological polar surface area (TPSA) is 46.5 Å². The van der Waals surface area contributed by atoms with Gasteiger partial charge < -0.3 is 9.84 Å². The van der Waals surface area contributed by atoms with Crippen molar-refractivity contribution in [2.45, 2.75) is 39.4 Å². The number of hydrogen-bond donors (Lipinski definition) is 1. The third kappa shape index (κ3) is 4.17. The highest BCUT2D eigenvalue weighted by Crippen LogP contribution is 2.42. The van der Waals surface area contributed by atoms with Crippen LogP contribution in [0.1, 0.15) is 38.0 Å². The number of benzene rings is 3. The minimum atomic E-state index is -1.12. The minimum absolute atomic E-state index is 0.612. The Morgan fingerprint density at radius 2 is 1.68 bits per heavy atom. The highest BCUT2D eigenvalue weighted by molar-refractivity contribution is 6.36. The monoisotopic (exact) mass is 416 g/mol. The molecule has 0 amide bonds. The van der Waals surface area contributed by atoms with Gasteiger partial charge in [0.25, 0.3) is 0 Å². The molecule has 28 heavy (non-hydrogen) atoms. The lowest BCUT2D eigenvalue weighted by atomic mass is 9.87. The summed E-state index contributed by atoms with van der Waals surface area (Å²) in [5.74, 6) is -1.03. The summed E-state index contributed by atoms with van der Waals surface area (Å²) in [6.45, 7) is 7.42. The third-order valence-electron chi connectivity index (χ3n) is 4.47. The van der Waals surface area contributed by atoms with E-state index in [4.69, 9.17) is 27.9 Å². The second-order valence-electron chi connectivity index (χ2n) is 7.77. The molecular weight excluding hydrogens is 395 g/mol. The molecule has 146 valence electrons. The summed E-state index contributed by atoms with van der Waals surface area (Å²) in [7, 11) is 0. The van der Waals surface area contributed by atoms with Crippen LogP contribution in [0.4, 0.5) is 0 Å². The maximum absolute atomic E-state index is 12.2. The predicted octanol–water partition coefficient (Wildman–Crippen LogP) is 7.06. The lowest BCUT2D eigenvalue weighted by Crippen LogP contribution is -2.28. The molecule has 0 aliphatic carbocycles.